The summed E-state index contributed by atoms with van der Waals surface area (Å²) in [7, 11) is 1.87. The summed E-state index contributed by atoms with van der Waals surface area (Å²) >= 11 is 0. The molecule has 0 saturated carbocycles. The Morgan fingerprint density at radius 1 is 1.25 bits per heavy atom. The van der Waals surface area contributed by atoms with Crippen molar-refractivity contribution in [3.63, 3.8) is 0 Å². The highest BCUT2D eigenvalue weighted by molar-refractivity contribution is 6.06. The number of aromatic nitrogens is 4. The van der Waals surface area contributed by atoms with Crippen LogP contribution in [0, 0.1) is 6.92 Å². The first-order chi connectivity index (χ1) is 15.5. The molecule has 9 heteroatoms. The predicted molar refractivity (Wildman–Crippen MR) is 119 cm³/mol. The highest BCUT2D eigenvalue weighted by atomic mass is 19.1. The number of piperidine rings is 1. The molecule has 1 saturated heterocycles. The van der Waals surface area contributed by atoms with Crippen LogP contribution in [0.4, 0.5) is 15.8 Å². The molecule has 0 unspecified atom stereocenters. The number of aryl methyl sites for hydroxylation is 2. The lowest BCUT2D eigenvalue weighted by atomic mass is 10.1. The molecule has 164 valence electrons. The van der Waals surface area contributed by atoms with Crippen LogP contribution in [0.1, 0.15) is 29.0 Å². The predicted octanol–water partition coefficient (Wildman–Crippen LogP) is 4.12. The molecule has 1 amide bonds. The molecular weight excluding hydrogens is 411 g/mol. The van der Waals surface area contributed by atoms with E-state index in [9.17, 15) is 9.18 Å². The van der Waals surface area contributed by atoms with Crippen LogP contribution in [0.15, 0.2) is 47.3 Å². The number of amides is 1. The van der Waals surface area contributed by atoms with Crippen molar-refractivity contribution in [2.45, 2.75) is 25.9 Å². The SMILES string of the molecule is Cc1cc(-c2nc(C(=O)Nc3cc4cnn(C)c4cc3N3CCC(F)CC3)co2)ccn1. The van der Waals surface area contributed by atoms with E-state index in [1.807, 2.05) is 32.2 Å². The Labute approximate surface area is 184 Å². The maximum Gasteiger partial charge on any atom is 0.277 e. The average molecular weight is 434 g/mol. The van der Waals surface area contributed by atoms with Gasteiger partial charge < -0.3 is 14.6 Å². The van der Waals surface area contributed by atoms with Gasteiger partial charge in [0.2, 0.25) is 5.89 Å². The van der Waals surface area contributed by atoms with Crippen LogP contribution in [0.25, 0.3) is 22.4 Å². The third-order valence-corrected chi connectivity index (χ3v) is 5.76. The fraction of sp³-hybridized carbons (Fsp3) is 0.304. The van der Waals surface area contributed by atoms with Gasteiger partial charge in [0.1, 0.15) is 12.4 Å². The second-order valence-corrected chi connectivity index (χ2v) is 8.04. The molecule has 5 rings (SSSR count). The number of fused-ring (bicyclic) bond motifs is 1. The standard InChI is InChI=1S/C23H23FN6O2/c1-14-9-15(3-6-25-14)23-28-19(13-32-23)22(31)27-18-10-16-12-26-29(2)20(16)11-21(18)30-7-4-17(24)5-8-30/h3,6,9-13,17H,4-5,7-8H2,1-2H3,(H,27,31). The zero-order valence-corrected chi connectivity index (χ0v) is 17.9. The van der Waals surface area contributed by atoms with E-state index in [1.165, 1.54) is 6.26 Å². The van der Waals surface area contributed by atoms with Crippen molar-refractivity contribution in [2.24, 2.45) is 7.05 Å². The third kappa shape index (κ3) is 3.81. The van der Waals surface area contributed by atoms with Gasteiger partial charge in [0, 0.05) is 43.0 Å². The number of carbonyl (C=O) groups is 1. The van der Waals surface area contributed by atoms with Crippen LogP contribution < -0.4 is 10.2 Å². The monoisotopic (exact) mass is 434 g/mol. The highest BCUT2D eigenvalue weighted by Gasteiger charge is 2.23. The van der Waals surface area contributed by atoms with Crippen molar-refractivity contribution < 1.29 is 13.6 Å². The second kappa shape index (κ2) is 8.07. The Bertz CT molecular complexity index is 1290. The molecule has 1 aromatic carbocycles. The van der Waals surface area contributed by atoms with E-state index in [0.29, 0.717) is 37.5 Å². The van der Waals surface area contributed by atoms with Crippen molar-refractivity contribution in [2.75, 3.05) is 23.3 Å². The third-order valence-electron chi connectivity index (χ3n) is 5.76. The van der Waals surface area contributed by atoms with Crippen LogP contribution in [-0.2, 0) is 7.05 Å². The summed E-state index contributed by atoms with van der Waals surface area (Å²) in [4.78, 5) is 23.6. The van der Waals surface area contributed by atoms with Gasteiger partial charge >= 0.3 is 0 Å². The number of alkyl halides is 1. The van der Waals surface area contributed by atoms with E-state index in [1.54, 1.807) is 23.1 Å². The number of carbonyl (C=O) groups excluding carboxylic acids is 1. The van der Waals surface area contributed by atoms with Gasteiger partial charge in [-0.15, -0.1) is 0 Å². The van der Waals surface area contributed by atoms with Gasteiger partial charge in [0.25, 0.3) is 5.91 Å². The molecule has 0 atom stereocenters. The lowest BCUT2D eigenvalue weighted by molar-refractivity contribution is 0.102. The summed E-state index contributed by atoms with van der Waals surface area (Å²) in [6.45, 7) is 3.05. The number of benzene rings is 1. The first kappa shape index (κ1) is 20.2. The van der Waals surface area contributed by atoms with Crippen molar-refractivity contribution >= 4 is 28.2 Å². The molecule has 1 N–H and O–H groups in total. The maximum atomic E-state index is 13.7. The quantitative estimate of drug-likeness (QED) is 0.520. The van der Waals surface area contributed by atoms with Crippen LogP contribution in [0.5, 0.6) is 0 Å². The minimum Gasteiger partial charge on any atom is -0.444 e. The summed E-state index contributed by atoms with van der Waals surface area (Å²) in [5.41, 5.74) is 4.18. The summed E-state index contributed by atoms with van der Waals surface area (Å²) in [6.07, 6.45) is 4.92. The molecule has 0 bridgehead atoms. The molecule has 0 aliphatic carbocycles. The van der Waals surface area contributed by atoms with E-state index in [0.717, 1.165) is 27.8 Å². The molecule has 1 aliphatic heterocycles. The summed E-state index contributed by atoms with van der Waals surface area (Å²) < 4.78 is 21.0. The van der Waals surface area contributed by atoms with Crippen LogP contribution in [-0.4, -0.2) is 44.9 Å². The molecular formula is C23H23FN6O2. The Balaban J connectivity index is 1.45. The zero-order chi connectivity index (χ0) is 22.2. The van der Waals surface area contributed by atoms with Gasteiger partial charge in [-0.05, 0) is 44.0 Å². The number of oxazole rings is 1. The number of anilines is 2. The number of pyridine rings is 1. The first-order valence-electron chi connectivity index (χ1n) is 10.5. The highest BCUT2D eigenvalue weighted by Crippen LogP contribution is 2.34. The van der Waals surface area contributed by atoms with Gasteiger partial charge in [-0.3, -0.25) is 14.5 Å². The number of hydrogen-bond donors (Lipinski definition) is 1. The first-order valence-corrected chi connectivity index (χ1v) is 10.5. The average Bonchev–Trinajstić information content (AvgIpc) is 3.41. The van der Waals surface area contributed by atoms with Crippen LogP contribution >= 0.6 is 0 Å². The van der Waals surface area contributed by atoms with E-state index < -0.39 is 6.17 Å². The topological polar surface area (TPSA) is 89.1 Å². The molecule has 4 heterocycles. The van der Waals surface area contributed by atoms with Crippen molar-refractivity contribution in [3.05, 3.63) is 54.3 Å². The Hall–Kier alpha value is -3.75. The molecule has 3 aromatic heterocycles. The summed E-state index contributed by atoms with van der Waals surface area (Å²) in [5.74, 6) is -0.0238. The molecule has 32 heavy (non-hydrogen) atoms. The molecule has 0 spiro atoms. The number of hydrogen-bond acceptors (Lipinski definition) is 6. The summed E-state index contributed by atoms with van der Waals surface area (Å²) in [6, 6.07) is 7.51. The van der Waals surface area contributed by atoms with Gasteiger partial charge in [-0.1, -0.05) is 0 Å². The maximum absolute atomic E-state index is 13.7. The normalized spacial score (nSPS) is 14.8. The van der Waals surface area contributed by atoms with Gasteiger partial charge in [-0.25, -0.2) is 9.37 Å². The van der Waals surface area contributed by atoms with Crippen molar-refractivity contribution in [3.8, 4) is 11.5 Å². The van der Waals surface area contributed by atoms with E-state index in [4.69, 9.17) is 4.42 Å². The van der Waals surface area contributed by atoms with Crippen LogP contribution in [0.2, 0.25) is 0 Å². The zero-order valence-electron chi connectivity index (χ0n) is 17.9. The molecule has 1 fully saturated rings. The molecule has 4 aromatic rings. The minimum absolute atomic E-state index is 0.175. The molecule has 1 aliphatic rings. The Kier molecular flexibility index (Phi) is 5.08. The molecule has 8 nitrogen and oxygen atoms in total. The summed E-state index contributed by atoms with van der Waals surface area (Å²) in [5, 5.41) is 8.18. The van der Waals surface area contributed by atoms with E-state index >= 15 is 0 Å². The molecule has 0 radical (unpaired) electrons. The lowest BCUT2D eigenvalue weighted by Crippen LogP contribution is -2.35. The Morgan fingerprint density at radius 2 is 2.06 bits per heavy atom. The second-order valence-electron chi connectivity index (χ2n) is 8.04. The van der Waals surface area contributed by atoms with Crippen molar-refractivity contribution in [1.29, 1.82) is 0 Å². The number of halogens is 1. The minimum atomic E-state index is -0.782. The van der Waals surface area contributed by atoms with Crippen molar-refractivity contribution in [1.82, 2.24) is 19.7 Å². The van der Waals surface area contributed by atoms with Gasteiger partial charge in [0.05, 0.1) is 23.1 Å². The van der Waals surface area contributed by atoms with E-state index in [-0.39, 0.29) is 11.6 Å². The van der Waals surface area contributed by atoms with Crippen LogP contribution in [0.3, 0.4) is 0 Å². The lowest BCUT2D eigenvalue weighted by Gasteiger charge is -2.32. The van der Waals surface area contributed by atoms with E-state index in [2.05, 4.69) is 25.3 Å². The Morgan fingerprint density at radius 3 is 2.84 bits per heavy atom. The van der Waals surface area contributed by atoms with Gasteiger partial charge in [-0.2, -0.15) is 5.10 Å². The largest absolute Gasteiger partial charge is 0.444 e. The fourth-order valence-electron chi connectivity index (χ4n) is 4.01. The van der Waals surface area contributed by atoms with Gasteiger partial charge in [0.15, 0.2) is 5.69 Å². The smallest absolute Gasteiger partial charge is 0.277 e. The fourth-order valence-corrected chi connectivity index (χ4v) is 4.01. The number of nitrogens with one attached hydrogen (secondary N) is 1. The number of rotatable bonds is 4. The number of nitrogens with zero attached hydrogens (tertiary/aromatic N) is 5.